The van der Waals surface area contributed by atoms with Gasteiger partial charge in [0.1, 0.15) is 5.16 Å². The number of hydrogen-bond donors (Lipinski definition) is 2. The van der Waals surface area contributed by atoms with Gasteiger partial charge in [-0.1, -0.05) is 11.6 Å². The van der Waals surface area contributed by atoms with Crippen molar-refractivity contribution in [1.29, 1.82) is 0 Å². The number of halogens is 2. The zero-order chi connectivity index (χ0) is 8.43. The molecule has 1 aliphatic heterocycles. The Balaban J connectivity index is 2.87. The summed E-state index contributed by atoms with van der Waals surface area (Å²) < 4.78 is 0.700. The van der Waals surface area contributed by atoms with E-state index in [0.29, 0.717) is 4.64 Å². The number of carbonyl (C=O) groups is 1. The fourth-order valence-electron chi connectivity index (χ4n) is 0.493. The second-order valence-electron chi connectivity index (χ2n) is 1.65. The second kappa shape index (κ2) is 2.98. The van der Waals surface area contributed by atoms with Crippen molar-refractivity contribution in [3.63, 3.8) is 0 Å². The fourth-order valence-corrected chi connectivity index (χ4v) is 0.893. The zero-order valence-corrected chi connectivity index (χ0v) is 6.60. The van der Waals surface area contributed by atoms with Gasteiger partial charge >= 0.3 is 5.97 Å². The Labute approximate surface area is 72.0 Å². The molecule has 0 atom stereocenters. The predicted molar refractivity (Wildman–Crippen MR) is 39.8 cm³/mol. The van der Waals surface area contributed by atoms with Crippen LogP contribution in [-0.4, -0.2) is 21.4 Å². The standard InChI is InChI=1S/C4H3Cl2N3O2/c5-3-1-2(4(10)11)7-9(6)8-3/h1,8H,(H,10,11). The molecule has 2 N–H and O–H groups in total. The van der Waals surface area contributed by atoms with Crippen LogP contribution in [0.1, 0.15) is 0 Å². The van der Waals surface area contributed by atoms with Gasteiger partial charge in [0.2, 0.25) is 0 Å². The highest BCUT2D eigenvalue weighted by molar-refractivity contribution is 6.44. The summed E-state index contributed by atoms with van der Waals surface area (Å²) in [5, 5.41) is 11.9. The van der Waals surface area contributed by atoms with E-state index in [1.807, 2.05) is 0 Å². The SMILES string of the molecule is O=C(O)C1=NN(Cl)NC(Cl)=C1. The lowest BCUT2D eigenvalue weighted by molar-refractivity contribution is -0.129. The average molecular weight is 196 g/mol. The van der Waals surface area contributed by atoms with Crippen molar-refractivity contribution >= 4 is 35.1 Å². The molecule has 5 nitrogen and oxygen atoms in total. The van der Waals surface area contributed by atoms with Crippen LogP contribution in [-0.2, 0) is 4.79 Å². The van der Waals surface area contributed by atoms with Crippen LogP contribution in [0.4, 0.5) is 0 Å². The normalized spacial score (nSPS) is 16.7. The molecular formula is C4H3Cl2N3O2. The average Bonchev–Trinajstić information content (AvgIpc) is 1.85. The molecule has 60 valence electrons. The Morgan fingerprint density at radius 1 is 1.82 bits per heavy atom. The molecule has 0 aromatic rings. The van der Waals surface area contributed by atoms with Crippen LogP contribution in [0.25, 0.3) is 0 Å². The van der Waals surface area contributed by atoms with Gasteiger partial charge in [-0.25, -0.2) is 4.79 Å². The first kappa shape index (κ1) is 8.16. The van der Waals surface area contributed by atoms with Gasteiger partial charge in [0.25, 0.3) is 0 Å². The molecule has 0 saturated carbocycles. The number of nitrogens with zero attached hydrogens (tertiary/aromatic N) is 2. The summed E-state index contributed by atoms with van der Waals surface area (Å²) in [6.07, 6.45) is 1.16. The third kappa shape index (κ3) is 1.99. The summed E-state index contributed by atoms with van der Waals surface area (Å²) in [7, 11) is 0. The number of carboxylic acid groups (broad SMARTS) is 1. The Bertz CT molecular complexity index is 250. The molecule has 0 aromatic carbocycles. The summed E-state index contributed by atoms with van der Waals surface area (Å²) in [6, 6.07) is 0. The Kier molecular flexibility index (Phi) is 2.21. The highest BCUT2D eigenvalue weighted by Gasteiger charge is 2.14. The van der Waals surface area contributed by atoms with Crippen molar-refractivity contribution in [3.05, 3.63) is 11.2 Å². The molecule has 0 radical (unpaired) electrons. The van der Waals surface area contributed by atoms with Gasteiger partial charge in [0, 0.05) is 6.08 Å². The third-order valence-electron chi connectivity index (χ3n) is 0.877. The zero-order valence-electron chi connectivity index (χ0n) is 5.08. The van der Waals surface area contributed by atoms with Gasteiger partial charge in [-0.05, 0) is 0 Å². The quantitative estimate of drug-likeness (QED) is 0.472. The number of nitrogens with one attached hydrogen (secondary N) is 1. The summed E-state index contributed by atoms with van der Waals surface area (Å²) in [6.45, 7) is 0. The number of hydrogen-bond acceptors (Lipinski definition) is 4. The van der Waals surface area contributed by atoms with Crippen molar-refractivity contribution in [2.45, 2.75) is 0 Å². The van der Waals surface area contributed by atoms with E-state index >= 15 is 0 Å². The Hall–Kier alpha value is -0.940. The van der Waals surface area contributed by atoms with Gasteiger partial charge in [-0.3, -0.25) is 5.43 Å². The first-order valence-electron chi connectivity index (χ1n) is 2.51. The molecule has 0 fully saturated rings. The van der Waals surface area contributed by atoms with Crippen molar-refractivity contribution in [2.24, 2.45) is 5.10 Å². The topological polar surface area (TPSA) is 64.9 Å². The lowest BCUT2D eigenvalue weighted by Gasteiger charge is -2.15. The van der Waals surface area contributed by atoms with E-state index in [-0.39, 0.29) is 10.9 Å². The minimum absolute atomic E-state index is 0.104. The van der Waals surface area contributed by atoms with Crippen LogP contribution in [0.3, 0.4) is 0 Å². The van der Waals surface area contributed by atoms with Gasteiger partial charge in [-0.2, -0.15) is 0 Å². The number of rotatable bonds is 1. The van der Waals surface area contributed by atoms with Gasteiger partial charge in [0.05, 0.1) is 11.8 Å². The molecule has 0 aliphatic carbocycles. The maximum absolute atomic E-state index is 10.3. The number of aliphatic carboxylic acids is 1. The molecule has 0 aromatic heterocycles. The van der Waals surface area contributed by atoms with E-state index in [4.69, 9.17) is 28.5 Å². The lowest BCUT2D eigenvalue weighted by atomic mass is 10.4. The van der Waals surface area contributed by atoms with E-state index in [9.17, 15) is 4.79 Å². The highest BCUT2D eigenvalue weighted by Crippen LogP contribution is 2.07. The number of carboxylic acids is 1. The largest absolute Gasteiger partial charge is 0.476 e. The molecule has 1 rings (SSSR count). The van der Waals surface area contributed by atoms with Crippen molar-refractivity contribution in [3.8, 4) is 0 Å². The summed E-state index contributed by atoms with van der Waals surface area (Å²) in [4.78, 5) is 10.3. The van der Waals surface area contributed by atoms with Crippen LogP contribution in [0.15, 0.2) is 16.3 Å². The fraction of sp³-hybridized carbons (Fsp3) is 0. The molecule has 0 spiro atoms. The summed E-state index contributed by atoms with van der Waals surface area (Å²) >= 11 is 10.7. The molecule has 0 saturated heterocycles. The van der Waals surface area contributed by atoms with Gasteiger partial charge < -0.3 is 5.11 Å². The molecule has 7 heteroatoms. The van der Waals surface area contributed by atoms with E-state index in [2.05, 4.69) is 10.5 Å². The maximum atomic E-state index is 10.3. The summed E-state index contributed by atoms with van der Waals surface area (Å²) in [5.41, 5.74) is 2.12. The van der Waals surface area contributed by atoms with Crippen LogP contribution >= 0.6 is 23.4 Å². The molecule has 11 heavy (non-hydrogen) atoms. The second-order valence-corrected chi connectivity index (χ2v) is 2.38. The minimum atomic E-state index is -1.18. The number of hydrazine groups is 1. The van der Waals surface area contributed by atoms with E-state index in [1.54, 1.807) is 0 Å². The van der Waals surface area contributed by atoms with Crippen LogP contribution < -0.4 is 5.43 Å². The predicted octanol–water partition coefficient (Wildman–Crippen LogP) is 0.481. The van der Waals surface area contributed by atoms with Crippen molar-refractivity contribution in [2.75, 3.05) is 0 Å². The summed E-state index contributed by atoms with van der Waals surface area (Å²) in [5.74, 6) is -1.18. The van der Waals surface area contributed by atoms with E-state index in [0.717, 1.165) is 6.08 Å². The Morgan fingerprint density at radius 3 is 2.91 bits per heavy atom. The molecule has 1 aliphatic rings. The minimum Gasteiger partial charge on any atom is -0.476 e. The maximum Gasteiger partial charge on any atom is 0.356 e. The molecule has 0 amide bonds. The first-order valence-corrected chi connectivity index (χ1v) is 3.23. The molecule has 1 heterocycles. The van der Waals surface area contributed by atoms with Gasteiger partial charge in [0.15, 0.2) is 5.71 Å². The lowest BCUT2D eigenvalue weighted by Crippen LogP contribution is -2.30. The van der Waals surface area contributed by atoms with Crippen LogP contribution in [0, 0.1) is 0 Å². The highest BCUT2D eigenvalue weighted by atomic mass is 35.5. The van der Waals surface area contributed by atoms with Crippen LogP contribution in [0.5, 0.6) is 0 Å². The number of hydrazone groups is 1. The van der Waals surface area contributed by atoms with E-state index in [1.165, 1.54) is 0 Å². The molecule has 0 unspecified atom stereocenters. The van der Waals surface area contributed by atoms with Crippen LogP contribution in [0.2, 0.25) is 0 Å². The molecular weight excluding hydrogens is 193 g/mol. The monoisotopic (exact) mass is 195 g/mol. The first-order chi connectivity index (χ1) is 5.09. The Morgan fingerprint density at radius 2 is 2.45 bits per heavy atom. The van der Waals surface area contributed by atoms with Crippen molar-refractivity contribution < 1.29 is 9.90 Å². The van der Waals surface area contributed by atoms with Crippen molar-refractivity contribution in [1.82, 2.24) is 10.1 Å². The third-order valence-corrected chi connectivity index (χ3v) is 1.23. The van der Waals surface area contributed by atoms with Gasteiger partial charge in [-0.15, -0.1) is 9.74 Å². The van der Waals surface area contributed by atoms with E-state index < -0.39 is 5.97 Å². The molecule has 0 bridgehead atoms. The smallest absolute Gasteiger partial charge is 0.356 e.